The average Bonchev–Trinajstić information content (AvgIpc) is 2.87. The molecule has 0 heterocycles. The van der Waals surface area contributed by atoms with Crippen LogP contribution in [0.1, 0.15) is 36.0 Å². The van der Waals surface area contributed by atoms with Crippen LogP contribution in [0.4, 0.5) is 5.69 Å². The molecule has 1 saturated carbocycles. The quantitative estimate of drug-likeness (QED) is 0.786. The first-order chi connectivity index (χ1) is 10.4. The van der Waals surface area contributed by atoms with Crippen molar-refractivity contribution in [2.75, 3.05) is 11.9 Å². The third-order valence-electron chi connectivity index (χ3n) is 4.21. The lowest BCUT2D eigenvalue weighted by Gasteiger charge is -2.14. The van der Waals surface area contributed by atoms with Crippen LogP contribution in [0.3, 0.4) is 0 Å². The zero-order chi connectivity index (χ0) is 16.3. The molecule has 2 amide bonds. The number of rotatable bonds is 4. The molecule has 0 bridgehead atoms. The van der Waals surface area contributed by atoms with E-state index in [4.69, 9.17) is 5.73 Å². The van der Waals surface area contributed by atoms with Gasteiger partial charge in [0.15, 0.2) is 0 Å². The predicted octanol–water partition coefficient (Wildman–Crippen LogP) is 2.22. The van der Waals surface area contributed by atoms with Gasteiger partial charge in [0, 0.05) is 17.6 Å². The van der Waals surface area contributed by atoms with E-state index in [2.05, 4.69) is 10.6 Å². The fourth-order valence-corrected chi connectivity index (χ4v) is 3.13. The summed E-state index contributed by atoms with van der Waals surface area (Å²) in [5.41, 5.74) is 9.85. The molecule has 2 rings (SSSR count). The molecule has 1 aromatic rings. The van der Waals surface area contributed by atoms with Gasteiger partial charge in [-0.3, -0.25) is 9.59 Å². The minimum absolute atomic E-state index is 0. The Morgan fingerprint density at radius 1 is 1.17 bits per heavy atom. The maximum atomic E-state index is 12.0. The highest BCUT2D eigenvalue weighted by atomic mass is 35.5. The lowest BCUT2D eigenvalue weighted by molar-refractivity contribution is -0.127. The maximum Gasteiger partial charge on any atom is 0.243 e. The van der Waals surface area contributed by atoms with Gasteiger partial charge in [0.05, 0.1) is 6.54 Å². The van der Waals surface area contributed by atoms with E-state index in [0.717, 1.165) is 29.7 Å². The van der Waals surface area contributed by atoms with E-state index in [-0.39, 0.29) is 42.7 Å². The summed E-state index contributed by atoms with van der Waals surface area (Å²) >= 11 is 0. The predicted molar refractivity (Wildman–Crippen MR) is 94.9 cm³/mol. The van der Waals surface area contributed by atoms with Crippen LogP contribution in [0.25, 0.3) is 0 Å². The van der Waals surface area contributed by atoms with Crippen molar-refractivity contribution in [3.05, 3.63) is 28.8 Å². The first-order valence-corrected chi connectivity index (χ1v) is 7.78. The number of carbonyl (C=O) groups excluding carboxylic acids is 2. The van der Waals surface area contributed by atoms with E-state index in [9.17, 15) is 9.59 Å². The van der Waals surface area contributed by atoms with Crippen molar-refractivity contribution in [1.29, 1.82) is 0 Å². The van der Waals surface area contributed by atoms with E-state index in [0.29, 0.717) is 6.42 Å². The molecule has 1 aliphatic carbocycles. The molecule has 23 heavy (non-hydrogen) atoms. The summed E-state index contributed by atoms with van der Waals surface area (Å²) in [7, 11) is 0. The number of hydrogen-bond donors (Lipinski definition) is 3. The molecule has 2 unspecified atom stereocenters. The Labute approximate surface area is 143 Å². The van der Waals surface area contributed by atoms with Gasteiger partial charge in [0.25, 0.3) is 0 Å². The van der Waals surface area contributed by atoms with Crippen molar-refractivity contribution in [1.82, 2.24) is 5.32 Å². The molecule has 0 spiro atoms. The van der Waals surface area contributed by atoms with Crippen LogP contribution >= 0.6 is 12.4 Å². The molecule has 4 N–H and O–H groups in total. The number of anilines is 1. The summed E-state index contributed by atoms with van der Waals surface area (Å²) in [6, 6.07) is 4.17. The van der Waals surface area contributed by atoms with Crippen LogP contribution in [0, 0.1) is 26.7 Å². The number of halogens is 1. The topological polar surface area (TPSA) is 84.2 Å². The zero-order valence-electron chi connectivity index (χ0n) is 13.9. The van der Waals surface area contributed by atoms with Gasteiger partial charge >= 0.3 is 0 Å². The van der Waals surface area contributed by atoms with E-state index >= 15 is 0 Å². The third-order valence-corrected chi connectivity index (χ3v) is 4.21. The summed E-state index contributed by atoms with van der Waals surface area (Å²) in [5, 5.41) is 5.59. The van der Waals surface area contributed by atoms with Crippen molar-refractivity contribution < 1.29 is 9.59 Å². The minimum atomic E-state index is -0.203. The van der Waals surface area contributed by atoms with Gasteiger partial charge in [0.2, 0.25) is 11.8 Å². The Kier molecular flexibility index (Phi) is 7.03. The highest BCUT2D eigenvalue weighted by Crippen LogP contribution is 2.24. The Bertz CT molecular complexity index is 566. The van der Waals surface area contributed by atoms with Crippen molar-refractivity contribution in [3.8, 4) is 0 Å². The molecular formula is C17H26ClN3O2. The lowest BCUT2D eigenvalue weighted by Crippen LogP contribution is -2.36. The van der Waals surface area contributed by atoms with Crippen LogP contribution in [0.15, 0.2) is 12.1 Å². The second kappa shape index (κ2) is 8.31. The van der Waals surface area contributed by atoms with Crippen molar-refractivity contribution >= 4 is 29.9 Å². The summed E-state index contributed by atoms with van der Waals surface area (Å²) in [5.74, 6) is -0.322. The summed E-state index contributed by atoms with van der Waals surface area (Å²) in [4.78, 5) is 24.0. The standard InChI is InChI=1S/C17H25N3O2.ClH/c1-10-6-11(2)16(12(3)7-10)20-15(21)9-19-17(22)13-4-5-14(18)8-13;/h6-7,13-14H,4-5,8-9,18H2,1-3H3,(H,19,22)(H,20,21);1H. The molecule has 5 nitrogen and oxygen atoms in total. The molecular weight excluding hydrogens is 314 g/mol. The number of benzene rings is 1. The first-order valence-electron chi connectivity index (χ1n) is 7.78. The summed E-state index contributed by atoms with van der Waals surface area (Å²) in [6.07, 6.45) is 2.40. The van der Waals surface area contributed by atoms with E-state index in [1.54, 1.807) is 0 Å². The lowest BCUT2D eigenvalue weighted by atomic mass is 10.1. The highest BCUT2D eigenvalue weighted by molar-refractivity contribution is 5.96. The van der Waals surface area contributed by atoms with E-state index in [1.165, 1.54) is 5.56 Å². The molecule has 0 saturated heterocycles. The van der Waals surface area contributed by atoms with Gasteiger partial charge in [-0.2, -0.15) is 0 Å². The Balaban J connectivity index is 0.00000264. The maximum absolute atomic E-state index is 12.0. The molecule has 1 fully saturated rings. The molecule has 0 radical (unpaired) electrons. The molecule has 1 aliphatic rings. The molecule has 0 aromatic heterocycles. The smallest absolute Gasteiger partial charge is 0.243 e. The van der Waals surface area contributed by atoms with E-state index < -0.39 is 0 Å². The van der Waals surface area contributed by atoms with Gasteiger partial charge in [-0.15, -0.1) is 12.4 Å². The fourth-order valence-electron chi connectivity index (χ4n) is 3.13. The number of hydrogen-bond acceptors (Lipinski definition) is 3. The number of carbonyl (C=O) groups is 2. The van der Waals surface area contributed by atoms with Gasteiger partial charge in [-0.25, -0.2) is 0 Å². The number of aryl methyl sites for hydroxylation is 3. The highest BCUT2D eigenvalue weighted by Gasteiger charge is 2.27. The van der Waals surface area contributed by atoms with Crippen molar-refractivity contribution in [2.24, 2.45) is 11.7 Å². The van der Waals surface area contributed by atoms with E-state index in [1.807, 2.05) is 32.9 Å². The van der Waals surface area contributed by atoms with Crippen molar-refractivity contribution in [2.45, 2.75) is 46.1 Å². The molecule has 0 aliphatic heterocycles. The second-order valence-corrected chi connectivity index (χ2v) is 6.31. The second-order valence-electron chi connectivity index (χ2n) is 6.31. The van der Waals surface area contributed by atoms with Gasteiger partial charge in [0.1, 0.15) is 0 Å². The van der Waals surface area contributed by atoms with Crippen LogP contribution in [0.2, 0.25) is 0 Å². The number of nitrogens with one attached hydrogen (secondary N) is 2. The summed E-state index contributed by atoms with van der Waals surface area (Å²) in [6.45, 7) is 5.96. The molecule has 6 heteroatoms. The van der Waals surface area contributed by atoms with Crippen LogP contribution in [-0.2, 0) is 9.59 Å². The minimum Gasteiger partial charge on any atom is -0.347 e. The Hall–Kier alpha value is -1.59. The van der Waals surface area contributed by atoms with Crippen LogP contribution in [-0.4, -0.2) is 24.4 Å². The number of nitrogens with two attached hydrogens (primary N) is 1. The van der Waals surface area contributed by atoms with Gasteiger partial charge in [-0.1, -0.05) is 17.7 Å². The monoisotopic (exact) mass is 339 g/mol. The Morgan fingerprint density at radius 3 is 2.30 bits per heavy atom. The SMILES string of the molecule is Cc1cc(C)c(NC(=O)CNC(=O)C2CCC(N)C2)c(C)c1.Cl. The molecule has 2 atom stereocenters. The zero-order valence-corrected chi connectivity index (χ0v) is 14.8. The Morgan fingerprint density at radius 2 is 1.78 bits per heavy atom. The summed E-state index contributed by atoms with van der Waals surface area (Å²) < 4.78 is 0. The van der Waals surface area contributed by atoms with Crippen LogP contribution in [0.5, 0.6) is 0 Å². The molecule has 128 valence electrons. The largest absolute Gasteiger partial charge is 0.347 e. The first kappa shape index (κ1) is 19.5. The van der Waals surface area contributed by atoms with Crippen LogP contribution < -0.4 is 16.4 Å². The molecule has 1 aromatic carbocycles. The normalized spacial score (nSPS) is 19.8. The number of amides is 2. The van der Waals surface area contributed by atoms with Gasteiger partial charge < -0.3 is 16.4 Å². The van der Waals surface area contributed by atoms with Crippen molar-refractivity contribution in [3.63, 3.8) is 0 Å². The average molecular weight is 340 g/mol. The third kappa shape index (κ3) is 5.22. The van der Waals surface area contributed by atoms with Gasteiger partial charge in [-0.05, 0) is 51.2 Å². The fraction of sp³-hybridized carbons (Fsp3) is 0.529.